The summed E-state index contributed by atoms with van der Waals surface area (Å²) >= 11 is 0. The summed E-state index contributed by atoms with van der Waals surface area (Å²) in [7, 11) is -4.40. The van der Waals surface area contributed by atoms with E-state index in [9.17, 15) is 19.0 Å². The molecule has 0 fully saturated rings. The van der Waals surface area contributed by atoms with Crippen LogP contribution in [0, 0.1) is 0 Å². The Hall–Kier alpha value is -3.33. The Balaban J connectivity index is 4.34. The summed E-state index contributed by atoms with van der Waals surface area (Å²) in [6, 6.07) is 0. The summed E-state index contributed by atoms with van der Waals surface area (Å²) in [5, 5.41) is 0. The van der Waals surface area contributed by atoms with Crippen molar-refractivity contribution < 1.29 is 37.6 Å². The van der Waals surface area contributed by atoms with E-state index >= 15 is 0 Å². The van der Waals surface area contributed by atoms with Gasteiger partial charge in [0.2, 0.25) is 0 Å². The van der Waals surface area contributed by atoms with Crippen LogP contribution < -0.4 is 5.73 Å². The molecule has 0 aromatic heterocycles. The Morgan fingerprint density at radius 1 is 0.545 bits per heavy atom. The third kappa shape index (κ3) is 40.2. The number of hydrogen-bond acceptors (Lipinski definition) is 8. The summed E-state index contributed by atoms with van der Waals surface area (Å²) in [6.45, 7) is 3.37. The van der Waals surface area contributed by atoms with Crippen LogP contribution in [-0.4, -0.2) is 49.3 Å². The van der Waals surface area contributed by atoms with Crippen LogP contribution in [0.15, 0.2) is 109 Å². The van der Waals surface area contributed by atoms with Gasteiger partial charge in [0.15, 0.2) is 6.10 Å². The molecule has 0 heterocycles. The Morgan fingerprint density at radius 2 is 0.945 bits per heavy atom. The lowest BCUT2D eigenvalue weighted by molar-refractivity contribution is -0.161. The van der Waals surface area contributed by atoms with E-state index in [-0.39, 0.29) is 32.6 Å². The third-order valence-corrected chi connectivity index (χ3v) is 8.64. The van der Waals surface area contributed by atoms with E-state index in [1.165, 1.54) is 0 Å². The van der Waals surface area contributed by atoms with Crippen LogP contribution in [0.5, 0.6) is 0 Å². The first-order valence-electron chi connectivity index (χ1n) is 20.4. The molecule has 10 heteroatoms. The second-order valence-corrected chi connectivity index (χ2v) is 14.2. The molecule has 9 nitrogen and oxygen atoms in total. The van der Waals surface area contributed by atoms with E-state index in [1.54, 1.807) is 0 Å². The van der Waals surface area contributed by atoms with E-state index in [1.807, 2.05) is 0 Å². The molecule has 0 aliphatic rings. The number of phosphoric ester groups is 1. The van der Waals surface area contributed by atoms with Crippen molar-refractivity contribution in [3.8, 4) is 0 Å². The van der Waals surface area contributed by atoms with Crippen molar-refractivity contribution in [1.82, 2.24) is 0 Å². The van der Waals surface area contributed by atoms with Crippen LogP contribution in [0.25, 0.3) is 0 Å². The number of phosphoric acid groups is 1. The highest BCUT2D eigenvalue weighted by Crippen LogP contribution is 2.43. The highest BCUT2D eigenvalue weighted by atomic mass is 31.2. The zero-order valence-electron chi connectivity index (χ0n) is 33.9. The number of allylic oxidation sites excluding steroid dienone is 18. The average Bonchev–Trinajstić information content (AvgIpc) is 3.17. The number of ether oxygens (including phenoxy) is 2. The lowest BCUT2D eigenvalue weighted by Crippen LogP contribution is -2.29. The van der Waals surface area contributed by atoms with Crippen molar-refractivity contribution in [2.45, 2.75) is 136 Å². The Morgan fingerprint density at radius 3 is 1.40 bits per heavy atom. The van der Waals surface area contributed by atoms with Crippen LogP contribution in [0.1, 0.15) is 129 Å². The first-order chi connectivity index (χ1) is 26.8. The highest BCUT2D eigenvalue weighted by Gasteiger charge is 2.25. The van der Waals surface area contributed by atoms with Crippen molar-refractivity contribution in [2.24, 2.45) is 5.73 Å². The van der Waals surface area contributed by atoms with Crippen LogP contribution in [-0.2, 0) is 32.7 Å². The van der Waals surface area contributed by atoms with E-state index in [4.69, 9.17) is 24.3 Å². The number of esters is 2. The van der Waals surface area contributed by atoms with Gasteiger partial charge in [-0.25, -0.2) is 4.57 Å². The molecule has 0 aromatic carbocycles. The zero-order chi connectivity index (χ0) is 40.3. The van der Waals surface area contributed by atoms with Crippen molar-refractivity contribution in [1.29, 1.82) is 0 Å². The molecule has 0 aromatic rings. The predicted molar refractivity (Wildman–Crippen MR) is 228 cm³/mol. The van der Waals surface area contributed by atoms with Gasteiger partial charge in [0.25, 0.3) is 0 Å². The molecule has 0 spiro atoms. The predicted octanol–water partition coefficient (Wildman–Crippen LogP) is 11.6. The largest absolute Gasteiger partial charge is 0.472 e. The second kappa shape index (κ2) is 40.3. The number of hydrogen-bond donors (Lipinski definition) is 2. The summed E-state index contributed by atoms with van der Waals surface area (Å²) in [6.07, 6.45) is 52.7. The quantitative estimate of drug-likeness (QED) is 0.0275. The number of nitrogens with two attached hydrogens (primary N) is 1. The fraction of sp³-hybridized carbons (Fsp3) is 0.556. The molecule has 55 heavy (non-hydrogen) atoms. The average molecular weight is 786 g/mol. The molecular weight excluding hydrogens is 713 g/mol. The molecule has 0 saturated carbocycles. The topological polar surface area (TPSA) is 134 Å². The number of rotatable bonds is 36. The summed E-state index contributed by atoms with van der Waals surface area (Å²) in [4.78, 5) is 34.8. The first-order valence-corrected chi connectivity index (χ1v) is 21.9. The molecule has 0 aliphatic carbocycles. The maximum absolute atomic E-state index is 12.5. The van der Waals surface area contributed by atoms with Gasteiger partial charge in [0.05, 0.1) is 13.2 Å². The fourth-order valence-electron chi connectivity index (χ4n) is 4.71. The van der Waals surface area contributed by atoms with E-state index in [0.29, 0.717) is 12.8 Å². The van der Waals surface area contributed by atoms with E-state index in [2.05, 4.69) is 123 Å². The highest BCUT2D eigenvalue weighted by molar-refractivity contribution is 7.47. The number of carbonyl (C=O) groups excluding carboxylic acids is 2. The monoisotopic (exact) mass is 785 g/mol. The molecule has 0 amide bonds. The minimum atomic E-state index is -4.40. The molecule has 0 radical (unpaired) electrons. The van der Waals surface area contributed by atoms with Crippen molar-refractivity contribution >= 4 is 19.8 Å². The normalized spacial score (nSPS) is 14.5. The molecule has 3 N–H and O–H groups in total. The van der Waals surface area contributed by atoms with Crippen LogP contribution in [0.3, 0.4) is 0 Å². The van der Waals surface area contributed by atoms with E-state index < -0.39 is 32.5 Å². The standard InChI is InChI=1S/C45H72NO8P/c1-3-5-7-9-11-13-15-17-19-20-21-22-24-25-27-29-31-33-35-37-44(47)51-41-43(42-53-55(49,50)52-40-39-46)54-45(48)38-36-34-32-30-28-26-23-18-16-14-12-10-8-6-4-2/h5-8,11-14,17-19,21-23,25,27-28,30,43H,3-4,9-10,15-16,20,24,26,29,31-42,46H2,1-2H3,(H,49,50)/b7-5+,8-6+,13-11+,14-12+,19-17+,22-21+,23-18+,27-25+,30-28+/t43-/m1/s1. The third-order valence-electron chi connectivity index (χ3n) is 7.65. The Labute approximate surface area is 333 Å². The number of carbonyl (C=O) groups is 2. The van der Waals surface area contributed by atoms with Gasteiger partial charge in [0, 0.05) is 19.4 Å². The van der Waals surface area contributed by atoms with Crippen molar-refractivity contribution in [2.75, 3.05) is 26.4 Å². The number of unbranched alkanes of at least 4 members (excludes halogenated alkanes) is 5. The molecule has 310 valence electrons. The maximum atomic E-state index is 12.5. The lowest BCUT2D eigenvalue weighted by atomic mass is 10.1. The summed E-state index contributed by atoms with van der Waals surface area (Å²) in [5.74, 6) is -0.930. The van der Waals surface area contributed by atoms with Crippen molar-refractivity contribution in [3.63, 3.8) is 0 Å². The van der Waals surface area contributed by atoms with Crippen LogP contribution >= 0.6 is 7.82 Å². The Bertz CT molecular complexity index is 1260. The van der Waals surface area contributed by atoms with Gasteiger partial charge in [-0.1, -0.05) is 130 Å². The zero-order valence-corrected chi connectivity index (χ0v) is 34.7. The molecule has 0 saturated heterocycles. The van der Waals surface area contributed by atoms with Gasteiger partial charge in [-0.3, -0.25) is 18.6 Å². The molecule has 1 unspecified atom stereocenters. The van der Waals surface area contributed by atoms with Gasteiger partial charge >= 0.3 is 19.8 Å². The maximum Gasteiger partial charge on any atom is 0.472 e. The van der Waals surface area contributed by atoms with E-state index in [0.717, 1.165) is 89.9 Å². The lowest BCUT2D eigenvalue weighted by Gasteiger charge is -2.19. The van der Waals surface area contributed by atoms with Crippen LogP contribution in [0.4, 0.5) is 0 Å². The molecule has 0 bridgehead atoms. The minimum absolute atomic E-state index is 0.0349. The van der Waals surface area contributed by atoms with Gasteiger partial charge in [-0.05, 0) is 96.3 Å². The summed E-state index contributed by atoms with van der Waals surface area (Å²) in [5.41, 5.74) is 5.33. The summed E-state index contributed by atoms with van der Waals surface area (Å²) < 4.78 is 32.6. The molecule has 2 atom stereocenters. The minimum Gasteiger partial charge on any atom is -0.462 e. The Kier molecular flexibility index (Phi) is 37.9. The first kappa shape index (κ1) is 51.7. The molecular formula is C45H72NO8P. The van der Waals surface area contributed by atoms with Crippen molar-refractivity contribution in [3.05, 3.63) is 109 Å². The van der Waals surface area contributed by atoms with Gasteiger partial charge in [0.1, 0.15) is 6.61 Å². The molecule has 0 rings (SSSR count). The van der Waals surface area contributed by atoms with Crippen LogP contribution in [0.2, 0.25) is 0 Å². The molecule has 0 aliphatic heterocycles. The fourth-order valence-corrected chi connectivity index (χ4v) is 5.47. The van der Waals surface area contributed by atoms with Gasteiger partial charge in [-0.2, -0.15) is 0 Å². The van der Waals surface area contributed by atoms with Gasteiger partial charge in [-0.15, -0.1) is 0 Å². The smallest absolute Gasteiger partial charge is 0.462 e. The SMILES string of the molecule is CC/C=C/C/C=C/C/C=C/C/C=C/C/C=C/CCCCCC(=O)OC[C@H](COP(=O)(O)OCCN)OC(=O)CCCC/C=C/C/C=C/C/C=C/C/C=C/CC. The van der Waals surface area contributed by atoms with Gasteiger partial charge < -0.3 is 20.1 Å². The second-order valence-electron chi connectivity index (χ2n) is 12.7.